The molecule has 0 saturated heterocycles. The Hall–Kier alpha value is -0.480. The minimum Gasteiger partial charge on any atom is -0.375 e. The number of rotatable bonds is 7. The van der Waals surface area contributed by atoms with Crippen molar-refractivity contribution in [3.63, 3.8) is 0 Å². The molecule has 0 aliphatic rings. The van der Waals surface area contributed by atoms with E-state index in [4.69, 9.17) is 4.74 Å². The van der Waals surface area contributed by atoms with Gasteiger partial charge in [-0.25, -0.2) is 4.98 Å². The summed E-state index contributed by atoms with van der Waals surface area (Å²) in [5.74, 6) is 0.743. The van der Waals surface area contributed by atoms with Crippen LogP contribution in [0.3, 0.4) is 0 Å². The Bertz CT molecular complexity index is 430. The molecule has 1 rings (SSSR count). The first-order valence-corrected chi connectivity index (χ1v) is 7.45. The molecular weight excluding hydrogens is 406 g/mol. The Morgan fingerprint density at radius 3 is 2.90 bits per heavy atom. The lowest BCUT2D eigenvalue weighted by Gasteiger charge is -2.21. The van der Waals surface area contributed by atoms with Crippen LogP contribution in [0.2, 0.25) is 0 Å². The summed E-state index contributed by atoms with van der Waals surface area (Å²) in [6.45, 7) is 2.89. The quantitative estimate of drug-likeness (QED) is 0.313. The predicted molar refractivity (Wildman–Crippen MR) is 96.4 cm³/mol. The minimum absolute atomic E-state index is 0. The first-order valence-electron chi connectivity index (χ1n) is 6.57. The molecule has 0 radical (unpaired) electrons. The molecule has 8 heteroatoms. The van der Waals surface area contributed by atoms with Gasteiger partial charge < -0.3 is 15.0 Å². The highest BCUT2D eigenvalue weighted by molar-refractivity contribution is 14.0. The first-order chi connectivity index (χ1) is 9.62. The van der Waals surface area contributed by atoms with Crippen molar-refractivity contribution in [2.75, 3.05) is 34.4 Å². The Kier molecular flexibility index (Phi) is 10.9. The molecule has 0 fully saturated rings. The minimum atomic E-state index is -0.321. The number of nitrogens with one attached hydrogen (secondary N) is 1. The van der Waals surface area contributed by atoms with E-state index in [1.165, 1.54) is 0 Å². The molecule has 1 atom stereocenters. The van der Waals surface area contributed by atoms with E-state index < -0.39 is 0 Å². The maximum Gasteiger partial charge on any atom is 0.193 e. The molecule has 1 heterocycles. The van der Waals surface area contributed by atoms with E-state index in [-0.39, 0.29) is 36.8 Å². The van der Waals surface area contributed by atoms with Crippen LogP contribution in [0.15, 0.2) is 10.4 Å². The summed E-state index contributed by atoms with van der Waals surface area (Å²) >= 11 is 1.59. The Balaban J connectivity index is 0.00000400. The van der Waals surface area contributed by atoms with Crippen LogP contribution >= 0.6 is 35.3 Å². The van der Waals surface area contributed by atoms with Crippen molar-refractivity contribution in [1.29, 1.82) is 0 Å². The van der Waals surface area contributed by atoms with Gasteiger partial charge in [0, 0.05) is 33.1 Å². The van der Waals surface area contributed by atoms with Gasteiger partial charge in [-0.15, -0.1) is 35.3 Å². The third-order valence-electron chi connectivity index (χ3n) is 2.84. The number of nitrogens with zero attached hydrogens (tertiary/aromatic N) is 3. The van der Waals surface area contributed by atoms with Crippen LogP contribution in [0.5, 0.6) is 0 Å². The van der Waals surface area contributed by atoms with Gasteiger partial charge in [0.2, 0.25) is 0 Å². The van der Waals surface area contributed by atoms with Crippen molar-refractivity contribution in [2.45, 2.75) is 26.0 Å². The fraction of sp³-hybridized carbons (Fsp3) is 0.692. The molecule has 0 bridgehead atoms. The summed E-state index contributed by atoms with van der Waals surface area (Å²) in [5, 5.41) is 6.11. The number of methoxy groups -OCH3 is 1. The molecule has 0 aliphatic carbocycles. The number of hydrogen-bond donors (Lipinski definition) is 1. The molecule has 0 saturated carbocycles. The van der Waals surface area contributed by atoms with E-state index in [1.807, 2.05) is 24.3 Å². The van der Waals surface area contributed by atoms with E-state index in [0.717, 1.165) is 16.7 Å². The van der Waals surface area contributed by atoms with Crippen LogP contribution < -0.4 is 5.32 Å². The summed E-state index contributed by atoms with van der Waals surface area (Å²) in [7, 11) is 5.33. The molecular formula is C13H24FIN4OS. The normalized spacial score (nSPS) is 12.7. The number of alkyl halides is 1. The highest BCUT2D eigenvalue weighted by Crippen LogP contribution is 2.20. The van der Waals surface area contributed by atoms with Crippen molar-refractivity contribution in [3.05, 3.63) is 16.1 Å². The van der Waals surface area contributed by atoms with Gasteiger partial charge in [-0.3, -0.25) is 9.38 Å². The van der Waals surface area contributed by atoms with E-state index in [0.29, 0.717) is 19.5 Å². The molecule has 1 aromatic heterocycles. The SMILES string of the molecule is CN=C(NCCCF)N(C)Cc1csc(C(C)OC)n1.I. The predicted octanol–water partition coefficient (Wildman–Crippen LogP) is 2.84. The number of hydrogen-bond acceptors (Lipinski definition) is 4. The number of ether oxygens (including phenoxy) is 1. The van der Waals surface area contributed by atoms with E-state index >= 15 is 0 Å². The lowest BCUT2D eigenvalue weighted by molar-refractivity contribution is 0.119. The van der Waals surface area contributed by atoms with E-state index in [1.54, 1.807) is 25.5 Å². The van der Waals surface area contributed by atoms with E-state index in [2.05, 4.69) is 15.3 Å². The summed E-state index contributed by atoms with van der Waals surface area (Å²) in [4.78, 5) is 10.7. The average Bonchev–Trinajstić information content (AvgIpc) is 2.91. The monoisotopic (exact) mass is 430 g/mol. The summed E-state index contributed by atoms with van der Waals surface area (Å²) in [6.07, 6.45) is 0.500. The van der Waals surface area contributed by atoms with Crippen LogP contribution in [0, 0.1) is 0 Å². The second-order valence-corrected chi connectivity index (χ2v) is 5.32. The fourth-order valence-electron chi connectivity index (χ4n) is 1.65. The molecule has 1 unspecified atom stereocenters. The summed E-state index contributed by atoms with van der Waals surface area (Å²) in [6, 6.07) is 0. The van der Waals surface area contributed by atoms with Gasteiger partial charge in [0.25, 0.3) is 0 Å². The molecule has 122 valence electrons. The molecule has 0 spiro atoms. The molecule has 1 N–H and O–H groups in total. The third-order valence-corrected chi connectivity index (χ3v) is 3.89. The van der Waals surface area contributed by atoms with Crippen molar-refractivity contribution < 1.29 is 9.13 Å². The lowest BCUT2D eigenvalue weighted by atomic mass is 10.4. The van der Waals surface area contributed by atoms with Crippen molar-refractivity contribution in [3.8, 4) is 0 Å². The van der Waals surface area contributed by atoms with Crippen molar-refractivity contribution >= 4 is 41.3 Å². The van der Waals surface area contributed by atoms with Crippen LogP contribution in [0.4, 0.5) is 4.39 Å². The standard InChI is InChI=1S/C13H23FN4OS.HI/c1-10(19-4)12-17-11(9-20-12)8-18(3)13(15-2)16-7-5-6-14;/h9-10H,5-8H2,1-4H3,(H,15,16);1H. The van der Waals surface area contributed by atoms with Gasteiger partial charge in [-0.1, -0.05) is 0 Å². The average molecular weight is 430 g/mol. The van der Waals surface area contributed by atoms with Gasteiger partial charge in [-0.2, -0.15) is 0 Å². The number of aliphatic imine (C=N–C) groups is 1. The number of guanidine groups is 1. The second kappa shape index (κ2) is 11.1. The van der Waals surface area contributed by atoms with Crippen LogP contribution in [-0.4, -0.2) is 50.3 Å². The Morgan fingerprint density at radius 1 is 1.62 bits per heavy atom. The van der Waals surface area contributed by atoms with Crippen molar-refractivity contribution in [2.24, 2.45) is 4.99 Å². The second-order valence-electron chi connectivity index (χ2n) is 4.43. The fourth-order valence-corrected chi connectivity index (χ4v) is 2.49. The van der Waals surface area contributed by atoms with Gasteiger partial charge >= 0.3 is 0 Å². The zero-order valence-corrected chi connectivity index (χ0v) is 16.1. The van der Waals surface area contributed by atoms with Crippen LogP contribution in [-0.2, 0) is 11.3 Å². The first kappa shape index (κ1) is 20.5. The largest absolute Gasteiger partial charge is 0.375 e. The van der Waals surface area contributed by atoms with Gasteiger partial charge in [0.05, 0.1) is 18.9 Å². The third kappa shape index (κ3) is 6.88. The van der Waals surface area contributed by atoms with Gasteiger partial charge in [0.1, 0.15) is 11.1 Å². The molecule has 0 aromatic carbocycles. The highest BCUT2D eigenvalue weighted by Gasteiger charge is 2.12. The topological polar surface area (TPSA) is 49.8 Å². The molecule has 5 nitrogen and oxygen atoms in total. The molecule has 21 heavy (non-hydrogen) atoms. The zero-order chi connectivity index (χ0) is 15.0. The zero-order valence-electron chi connectivity index (χ0n) is 12.9. The Labute approximate surface area is 147 Å². The van der Waals surface area contributed by atoms with Crippen LogP contribution in [0.25, 0.3) is 0 Å². The van der Waals surface area contributed by atoms with Gasteiger partial charge in [-0.05, 0) is 13.3 Å². The smallest absolute Gasteiger partial charge is 0.193 e. The molecule has 1 aromatic rings. The van der Waals surface area contributed by atoms with E-state index in [9.17, 15) is 4.39 Å². The summed E-state index contributed by atoms with van der Waals surface area (Å²) in [5.41, 5.74) is 0.977. The number of aromatic nitrogens is 1. The molecule has 0 aliphatic heterocycles. The van der Waals surface area contributed by atoms with Crippen LogP contribution in [0.1, 0.15) is 30.2 Å². The van der Waals surface area contributed by atoms with Crippen molar-refractivity contribution in [1.82, 2.24) is 15.2 Å². The highest BCUT2D eigenvalue weighted by atomic mass is 127. The molecule has 0 amide bonds. The Morgan fingerprint density at radius 2 is 2.33 bits per heavy atom. The van der Waals surface area contributed by atoms with Gasteiger partial charge in [0.15, 0.2) is 5.96 Å². The lowest BCUT2D eigenvalue weighted by Crippen LogP contribution is -2.39. The summed E-state index contributed by atoms with van der Waals surface area (Å²) < 4.78 is 17.3. The maximum absolute atomic E-state index is 12.1. The number of thiazole rings is 1. The number of halogens is 2. The maximum atomic E-state index is 12.1.